The first-order chi connectivity index (χ1) is 18.3. The van der Waals surface area contributed by atoms with E-state index < -0.39 is 12.0 Å². The summed E-state index contributed by atoms with van der Waals surface area (Å²) in [4.78, 5) is 32.4. The number of para-hydroxylation sites is 1. The van der Waals surface area contributed by atoms with E-state index >= 15 is 0 Å². The molecule has 4 aromatic rings. The normalized spacial score (nSPS) is 15.7. The van der Waals surface area contributed by atoms with Crippen LogP contribution in [0.2, 0.25) is 0 Å². The van der Waals surface area contributed by atoms with Crippen molar-refractivity contribution >= 4 is 34.3 Å². The summed E-state index contributed by atoms with van der Waals surface area (Å²) < 4.78 is 9.90. The maximum absolute atomic E-state index is 14.0. The van der Waals surface area contributed by atoms with Crippen LogP contribution in [0.15, 0.2) is 75.8 Å². The highest BCUT2D eigenvalue weighted by molar-refractivity contribution is 7.07. The molecule has 1 aliphatic rings. The van der Waals surface area contributed by atoms with Gasteiger partial charge in [-0.05, 0) is 49.5 Å². The minimum Gasteiger partial charge on any atom is -0.463 e. The molecule has 196 valence electrons. The van der Waals surface area contributed by atoms with Crippen LogP contribution < -0.4 is 14.9 Å². The minimum absolute atomic E-state index is 0.159. The van der Waals surface area contributed by atoms with E-state index in [1.165, 1.54) is 16.9 Å². The van der Waals surface area contributed by atoms with Gasteiger partial charge in [0, 0.05) is 29.2 Å². The predicted molar refractivity (Wildman–Crippen MR) is 153 cm³/mol. The molecule has 0 bridgehead atoms. The molecular formula is C31H33N3O3S. The van der Waals surface area contributed by atoms with Crippen molar-refractivity contribution in [3.63, 3.8) is 0 Å². The molecule has 0 N–H and O–H groups in total. The number of fused-ring (bicyclic) bond motifs is 2. The fourth-order valence-electron chi connectivity index (χ4n) is 5.13. The molecule has 1 aliphatic heterocycles. The number of hydrogen-bond donors (Lipinski definition) is 0. The lowest BCUT2D eigenvalue weighted by atomic mass is 9.93. The number of esters is 1. The Morgan fingerprint density at radius 1 is 1.13 bits per heavy atom. The SMILES string of the molecule is CCCn1cc(C=c2sc3n(c2=O)C(c2ccc(C(C)C)cc2)C(C(=O)OCC)=C(C)N=3)c2ccccc21. The van der Waals surface area contributed by atoms with Gasteiger partial charge in [-0.25, -0.2) is 9.79 Å². The van der Waals surface area contributed by atoms with Gasteiger partial charge in [0.05, 0.1) is 28.5 Å². The molecule has 1 unspecified atom stereocenters. The summed E-state index contributed by atoms with van der Waals surface area (Å²) in [6, 6.07) is 15.8. The Labute approximate surface area is 226 Å². The topological polar surface area (TPSA) is 65.6 Å². The molecule has 5 rings (SSSR count). The Morgan fingerprint density at radius 3 is 2.55 bits per heavy atom. The molecular weight excluding hydrogens is 494 g/mol. The van der Waals surface area contributed by atoms with Gasteiger partial charge in [-0.1, -0.05) is 74.6 Å². The van der Waals surface area contributed by atoms with Gasteiger partial charge in [0.2, 0.25) is 0 Å². The third-order valence-electron chi connectivity index (χ3n) is 7.01. The molecule has 3 heterocycles. The van der Waals surface area contributed by atoms with Crippen molar-refractivity contribution in [2.75, 3.05) is 6.61 Å². The van der Waals surface area contributed by atoms with Crippen molar-refractivity contribution in [2.24, 2.45) is 4.99 Å². The third kappa shape index (κ3) is 4.56. The summed E-state index contributed by atoms with van der Waals surface area (Å²) in [7, 11) is 0. The van der Waals surface area contributed by atoms with Crippen molar-refractivity contribution in [1.82, 2.24) is 9.13 Å². The molecule has 1 atom stereocenters. The summed E-state index contributed by atoms with van der Waals surface area (Å²) in [6.07, 6.45) is 5.09. The van der Waals surface area contributed by atoms with E-state index in [1.54, 1.807) is 11.5 Å². The van der Waals surface area contributed by atoms with Crippen molar-refractivity contribution < 1.29 is 9.53 Å². The molecule has 6 nitrogen and oxygen atoms in total. The van der Waals surface area contributed by atoms with E-state index in [1.807, 2.05) is 37.3 Å². The summed E-state index contributed by atoms with van der Waals surface area (Å²) >= 11 is 1.36. The molecule has 2 aromatic carbocycles. The highest BCUT2D eigenvalue weighted by Crippen LogP contribution is 2.31. The van der Waals surface area contributed by atoms with E-state index in [2.05, 4.69) is 55.8 Å². The largest absolute Gasteiger partial charge is 0.463 e. The number of carbonyl (C=O) groups excluding carboxylic acids is 1. The van der Waals surface area contributed by atoms with Crippen molar-refractivity contribution in [3.05, 3.63) is 102 Å². The van der Waals surface area contributed by atoms with E-state index in [0.29, 0.717) is 26.5 Å². The standard InChI is InChI=1S/C31H33N3O3S/c1-6-16-33-18-23(24-10-8-9-11-25(24)33)17-26-29(35)34-28(22-14-12-21(13-15-22)19(3)4)27(30(36)37-7-2)20(5)32-31(34)38-26/h8-15,17-19,28H,6-7,16H2,1-5H3. The fraction of sp³-hybridized carbons (Fsp3) is 0.323. The second-order valence-electron chi connectivity index (χ2n) is 9.92. The number of allylic oxidation sites excluding steroid dienone is 1. The molecule has 0 radical (unpaired) electrons. The number of aromatic nitrogens is 2. The lowest BCUT2D eigenvalue weighted by Gasteiger charge is -2.25. The maximum atomic E-state index is 14.0. The average Bonchev–Trinajstić information content (AvgIpc) is 3.40. The van der Waals surface area contributed by atoms with Gasteiger partial charge >= 0.3 is 5.97 Å². The van der Waals surface area contributed by atoms with Crippen LogP contribution in [0.4, 0.5) is 0 Å². The Bertz CT molecular complexity index is 1720. The zero-order valence-electron chi connectivity index (χ0n) is 22.5. The Hall–Kier alpha value is -3.71. The highest BCUT2D eigenvalue weighted by Gasteiger charge is 2.33. The summed E-state index contributed by atoms with van der Waals surface area (Å²) in [6.45, 7) is 11.2. The van der Waals surface area contributed by atoms with Crippen LogP contribution in [0, 0.1) is 0 Å². The minimum atomic E-state index is -0.602. The number of aryl methyl sites for hydroxylation is 1. The van der Waals surface area contributed by atoms with Gasteiger partial charge in [-0.3, -0.25) is 9.36 Å². The smallest absolute Gasteiger partial charge is 0.338 e. The van der Waals surface area contributed by atoms with E-state index in [9.17, 15) is 9.59 Å². The molecule has 7 heteroatoms. The number of thiazole rings is 1. The first kappa shape index (κ1) is 25.9. The quantitative estimate of drug-likeness (QED) is 0.307. The van der Waals surface area contributed by atoms with Crippen LogP contribution in [-0.2, 0) is 16.1 Å². The van der Waals surface area contributed by atoms with Gasteiger partial charge in [0.1, 0.15) is 0 Å². The molecule has 0 saturated carbocycles. The average molecular weight is 528 g/mol. The van der Waals surface area contributed by atoms with Crippen molar-refractivity contribution in [2.45, 2.75) is 59.5 Å². The molecule has 38 heavy (non-hydrogen) atoms. The summed E-state index contributed by atoms with van der Waals surface area (Å²) in [5.74, 6) is -0.0636. The second-order valence-corrected chi connectivity index (χ2v) is 10.9. The first-order valence-electron chi connectivity index (χ1n) is 13.2. The lowest BCUT2D eigenvalue weighted by molar-refractivity contribution is -0.139. The first-order valence-corrected chi connectivity index (χ1v) is 14.0. The molecule has 0 aliphatic carbocycles. The van der Waals surface area contributed by atoms with Crippen LogP contribution in [0.1, 0.15) is 69.7 Å². The zero-order chi connectivity index (χ0) is 27.0. The van der Waals surface area contributed by atoms with Crippen LogP contribution in [0.3, 0.4) is 0 Å². The van der Waals surface area contributed by atoms with Crippen LogP contribution in [0.25, 0.3) is 17.0 Å². The van der Waals surface area contributed by atoms with E-state index in [-0.39, 0.29) is 12.2 Å². The Morgan fingerprint density at radius 2 is 1.87 bits per heavy atom. The number of hydrogen-bond acceptors (Lipinski definition) is 5. The summed E-state index contributed by atoms with van der Waals surface area (Å²) in [5, 5.41) is 1.11. The van der Waals surface area contributed by atoms with Crippen molar-refractivity contribution in [3.8, 4) is 0 Å². The van der Waals surface area contributed by atoms with Gasteiger partial charge in [0.25, 0.3) is 5.56 Å². The number of carbonyl (C=O) groups is 1. The highest BCUT2D eigenvalue weighted by atomic mass is 32.1. The Kier molecular flexibility index (Phi) is 7.21. The molecule has 0 amide bonds. The number of ether oxygens (including phenoxy) is 1. The van der Waals surface area contributed by atoms with Gasteiger partial charge in [-0.15, -0.1) is 0 Å². The molecule has 2 aromatic heterocycles. The predicted octanol–water partition coefficient (Wildman–Crippen LogP) is 5.29. The van der Waals surface area contributed by atoms with Gasteiger partial charge < -0.3 is 9.30 Å². The van der Waals surface area contributed by atoms with Crippen LogP contribution in [0.5, 0.6) is 0 Å². The number of rotatable bonds is 7. The third-order valence-corrected chi connectivity index (χ3v) is 7.99. The van der Waals surface area contributed by atoms with Crippen LogP contribution >= 0.6 is 11.3 Å². The van der Waals surface area contributed by atoms with Gasteiger partial charge in [-0.2, -0.15) is 0 Å². The van der Waals surface area contributed by atoms with Crippen LogP contribution in [-0.4, -0.2) is 21.7 Å². The van der Waals surface area contributed by atoms with E-state index in [4.69, 9.17) is 9.73 Å². The molecule has 0 spiro atoms. The van der Waals surface area contributed by atoms with Gasteiger partial charge in [0.15, 0.2) is 4.80 Å². The monoisotopic (exact) mass is 527 g/mol. The maximum Gasteiger partial charge on any atom is 0.338 e. The van der Waals surface area contributed by atoms with E-state index in [0.717, 1.165) is 35.0 Å². The zero-order valence-corrected chi connectivity index (χ0v) is 23.3. The molecule has 0 saturated heterocycles. The number of benzene rings is 2. The molecule has 0 fully saturated rings. The second kappa shape index (κ2) is 10.6. The Balaban J connectivity index is 1.71. The lowest BCUT2D eigenvalue weighted by Crippen LogP contribution is -2.39. The number of nitrogens with zero attached hydrogens (tertiary/aromatic N) is 3. The fourth-order valence-corrected chi connectivity index (χ4v) is 6.16. The summed E-state index contributed by atoms with van der Waals surface area (Å²) in [5.41, 5.74) is 5.03. The van der Waals surface area contributed by atoms with Crippen molar-refractivity contribution in [1.29, 1.82) is 0 Å².